The molecule has 0 N–H and O–H groups in total. The van der Waals surface area contributed by atoms with E-state index >= 15 is 0 Å². The molecule has 0 aliphatic rings. The van der Waals surface area contributed by atoms with Crippen LogP contribution in [0, 0.1) is 32.1 Å². The summed E-state index contributed by atoms with van der Waals surface area (Å²) in [4.78, 5) is 0. The zero-order valence-electron chi connectivity index (χ0n) is 12.0. The van der Waals surface area contributed by atoms with Gasteiger partial charge < -0.3 is 4.74 Å². The molecule has 0 bridgehead atoms. The van der Waals surface area contributed by atoms with Gasteiger partial charge in [-0.3, -0.25) is 4.68 Å². The molecule has 0 amide bonds. The average Bonchev–Trinajstić information content (AvgIpc) is 2.63. The Morgan fingerprint density at radius 1 is 1.30 bits per heavy atom. The monoisotopic (exact) mass is 289 g/mol. The van der Waals surface area contributed by atoms with Gasteiger partial charge in [-0.15, -0.1) is 0 Å². The molecular weight excluding hydrogens is 274 g/mol. The Morgan fingerprint density at radius 3 is 2.35 bits per heavy atom. The highest BCUT2D eigenvalue weighted by Crippen LogP contribution is 2.27. The van der Waals surface area contributed by atoms with Gasteiger partial charge in [-0.05, 0) is 44.0 Å². The molecule has 0 radical (unpaired) electrons. The van der Waals surface area contributed by atoms with Crippen molar-refractivity contribution in [3.05, 3.63) is 45.2 Å². The highest BCUT2D eigenvalue weighted by Gasteiger charge is 2.13. The fraction of sp³-hybridized carbons (Fsp3) is 0.333. The van der Waals surface area contributed by atoms with Crippen LogP contribution in [-0.2, 0) is 13.7 Å². The van der Waals surface area contributed by atoms with Crippen molar-refractivity contribution in [3.8, 4) is 11.8 Å². The first-order valence-corrected chi connectivity index (χ1v) is 6.64. The van der Waals surface area contributed by atoms with Crippen molar-refractivity contribution in [1.82, 2.24) is 9.78 Å². The Hall–Kier alpha value is -1.99. The summed E-state index contributed by atoms with van der Waals surface area (Å²) < 4.78 is 7.60. The first kappa shape index (κ1) is 14.4. The molecule has 2 rings (SSSR count). The minimum Gasteiger partial charge on any atom is -0.487 e. The lowest BCUT2D eigenvalue weighted by Crippen LogP contribution is -2.05. The van der Waals surface area contributed by atoms with Crippen molar-refractivity contribution in [2.45, 2.75) is 27.4 Å². The first-order valence-electron chi connectivity index (χ1n) is 6.26. The van der Waals surface area contributed by atoms with Gasteiger partial charge in [-0.1, -0.05) is 11.6 Å². The predicted molar refractivity (Wildman–Crippen MR) is 77.9 cm³/mol. The molecule has 104 valence electrons. The number of ether oxygens (including phenoxy) is 1. The van der Waals surface area contributed by atoms with Gasteiger partial charge in [0.2, 0.25) is 0 Å². The molecule has 1 aromatic heterocycles. The van der Waals surface area contributed by atoms with Crippen LogP contribution in [0.25, 0.3) is 0 Å². The zero-order chi connectivity index (χ0) is 14.9. The van der Waals surface area contributed by atoms with E-state index in [1.807, 2.05) is 40.0 Å². The summed E-state index contributed by atoms with van der Waals surface area (Å²) >= 11 is 6.20. The summed E-state index contributed by atoms with van der Waals surface area (Å²) in [7, 11) is 1.84. The second-order valence-electron chi connectivity index (χ2n) is 4.81. The predicted octanol–water partition coefficient (Wildman–Crippen LogP) is 3.45. The summed E-state index contributed by atoms with van der Waals surface area (Å²) in [6, 6.07) is 5.78. The molecule has 0 atom stereocenters. The van der Waals surface area contributed by atoms with E-state index in [4.69, 9.17) is 21.6 Å². The van der Waals surface area contributed by atoms with Crippen molar-refractivity contribution in [2.24, 2.45) is 7.05 Å². The van der Waals surface area contributed by atoms with Crippen LogP contribution in [0.3, 0.4) is 0 Å². The topological polar surface area (TPSA) is 50.8 Å². The molecule has 1 aromatic carbocycles. The molecule has 20 heavy (non-hydrogen) atoms. The third-order valence-electron chi connectivity index (χ3n) is 3.20. The van der Waals surface area contributed by atoms with Gasteiger partial charge in [0.1, 0.15) is 12.4 Å². The van der Waals surface area contributed by atoms with Crippen LogP contribution in [0.5, 0.6) is 5.75 Å². The van der Waals surface area contributed by atoms with Crippen molar-refractivity contribution in [2.75, 3.05) is 0 Å². The summed E-state index contributed by atoms with van der Waals surface area (Å²) in [5, 5.41) is 13.8. The fourth-order valence-corrected chi connectivity index (χ4v) is 2.43. The van der Waals surface area contributed by atoms with Crippen LogP contribution in [0.4, 0.5) is 0 Å². The lowest BCUT2D eigenvalue weighted by atomic mass is 10.1. The average molecular weight is 290 g/mol. The van der Waals surface area contributed by atoms with E-state index in [1.54, 1.807) is 4.68 Å². The Balaban J connectivity index is 2.26. The second kappa shape index (κ2) is 5.56. The molecule has 0 aliphatic heterocycles. The maximum Gasteiger partial charge on any atom is 0.131 e. The van der Waals surface area contributed by atoms with E-state index < -0.39 is 0 Å². The number of rotatable bonds is 3. The first-order chi connectivity index (χ1) is 9.43. The van der Waals surface area contributed by atoms with Crippen LogP contribution in [0.1, 0.15) is 28.1 Å². The number of nitriles is 1. The molecule has 0 saturated heterocycles. The summed E-state index contributed by atoms with van der Waals surface area (Å²) in [6.07, 6.45) is 0. The van der Waals surface area contributed by atoms with Crippen molar-refractivity contribution in [1.29, 1.82) is 5.26 Å². The lowest BCUT2D eigenvalue weighted by molar-refractivity contribution is 0.291. The molecule has 0 unspecified atom stereocenters. The number of aryl methyl sites for hydroxylation is 4. The van der Waals surface area contributed by atoms with E-state index in [0.717, 1.165) is 28.3 Å². The standard InChI is InChI=1S/C15H16ClN3O/c1-9-5-12(7-17)6-10(2)15(9)20-8-13-14(16)11(3)18-19(13)4/h5-6H,8H2,1-4H3. The van der Waals surface area contributed by atoms with Gasteiger partial charge >= 0.3 is 0 Å². The Labute approximate surface area is 123 Å². The maximum absolute atomic E-state index is 8.94. The Kier molecular flexibility index (Phi) is 4.01. The van der Waals surface area contributed by atoms with E-state index in [1.165, 1.54) is 0 Å². The smallest absolute Gasteiger partial charge is 0.131 e. The number of nitrogens with zero attached hydrogens (tertiary/aromatic N) is 3. The third-order valence-corrected chi connectivity index (χ3v) is 3.70. The molecule has 0 saturated carbocycles. The molecule has 5 heteroatoms. The van der Waals surface area contributed by atoms with Crippen LogP contribution in [-0.4, -0.2) is 9.78 Å². The molecule has 1 heterocycles. The maximum atomic E-state index is 8.94. The normalized spacial score (nSPS) is 10.4. The van der Waals surface area contributed by atoms with E-state index in [9.17, 15) is 0 Å². The van der Waals surface area contributed by atoms with Crippen LogP contribution >= 0.6 is 11.6 Å². The second-order valence-corrected chi connectivity index (χ2v) is 5.19. The van der Waals surface area contributed by atoms with E-state index in [2.05, 4.69) is 11.2 Å². The molecular formula is C15H16ClN3O. The minimum absolute atomic E-state index is 0.351. The van der Waals surface area contributed by atoms with Crippen molar-refractivity contribution < 1.29 is 4.74 Å². The molecule has 0 fully saturated rings. The van der Waals surface area contributed by atoms with E-state index in [0.29, 0.717) is 17.2 Å². The lowest BCUT2D eigenvalue weighted by Gasteiger charge is -2.13. The fourth-order valence-electron chi connectivity index (χ4n) is 2.22. The highest BCUT2D eigenvalue weighted by molar-refractivity contribution is 6.31. The SMILES string of the molecule is Cc1cc(C#N)cc(C)c1OCc1c(Cl)c(C)nn1C. The quantitative estimate of drug-likeness (QED) is 0.869. The van der Waals surface area contributed by atoms with Crippen LogP contribution in [0.15, 0.2) is 12.1 Å². The number of hydrogen-bond acceptors (Lipinski definition) is 3. The summed E-state index contributed by atoms with van der Waals surface area (Å²) in [5.41, 5.74) is 4.16. The number of benzene rings is 1. The van der Waals surface area contributed by atoms with Gasteiger partial charge in [-0.2, -0.15) is 10.4 Å². The third kappa shape index (κ3) is 2.63. The Morgan fingerprint density at radius 2 is 1.90 bits per heavy atom. The zero-order valence-corrected chi connectivity index (χ0v) is 12.7. The minimum atomic E-state index is 0.351. The van der Waals surface area contributed by atoms with Crippen molar-refractivity contribution in [3.63, 3.8) is 0 Å². The Bertz CT molecular complexity index is 675. The molecule has 2 aromatic rings. The molecule has 0 aliphatic carbocycles. The van der Waals surface area contributed by atoms with Crippen molar-refractivity contribution >= 4 is 11.6 Å². The van der Waals surface area contributed by atoms with Gasteiger partial charge in [0.15, 0.2) is 0 Å². The number of halogens is 1. The van der Waals surface area contributed by atoms with Crippen LogP contribution < -0.4 is 4.74 Å². The summed E-state index contributed by atoms with van der Waals surface area (Å²) in [5.74, 6) is 0.791. The number of hydrogen-bond donors (Lipinski definition) is 0. The molecule has 0 spiro atoms. The van der Waals surface area contributed by atoms with Crippen LogP contribution in [0.2, 0.25) is 5.02 Å². The molecule has 4 nitrogen and oxygen atoms in total. The number of aromatic nitrogens is 2. The van der Waals surface area contributed by atoms with Gasteiger partial charge in [0, 0.05) is 7.05 Å². The summed E-state index contributed by atoms with van der Waals surface area (Å²) in [6.45, 7) is 6.08. The van der Waals surface area contributed by atoms with E-state index in [-0.39, 0.29) is 0 Å². The van der Waals surface area contributed by atoms with Gasteiger partial charge in [0.05, 0.1) is 28.0 Å². The van der Waals surface area contributed by atoms with Gasteiger partial charge in [0.25, 0.3) is 0 Å². The highest BCUT2D eigenvalue weighted by atomic mass is 35.5. The van der Waals surface area contributed by atoms with Gasteiger partial charge in [-0.25, -0.2) is 0 Å². The largest absolute Gasteiger partial charge is 0.487 e.